The molecule has 0 bridgehead atoms. The molecule has 1 aromatic heterocycles. The predicted octanol–water partition coefficient (Wildman–Crippen LogP) is 0.959. The van der Waals surface area contributed by atoms with Gasteiger partial charge in [0, 0.05) is 18.2 Å². The molecule has 1 aliphatic heterocycles. The van der Waals surface area contributed by atoms with Crippen molar-refractivity contribution < 1.29 is 64.6 Å². The van der Waals surface area contributed by atoms with Crippen LogP contribution in [0.5, 0.6) is 34.5 Å². The first-order valence-electron chi connectivity index (χ1n) is 12.3. The summed E-state index contributed by atoms with van der Waals surface area (Å²) in [4.78, 5) is 25.8. The predicted molar refractivity (Wildman–Crippen MR) is 142 cm³/mol. The van der Waals surface area contributed by atoms with E-state index in [1.54, 1.807) is 0 Å². The van der Waals surface area contributed by atoms with Gasteiger partial charge in [-0.15, -0.1) is 0 Å². The second-order valence-corrected chi connectivity index (χ2v) is 9.54. The van der Waals surface area contributed by atoms with E-state index in [2.05, 4.69) is 0 Å². The van der Waals surface area contributed by atoms with E-state index in [1.807, 2.05) is 0 Å². The number of esters is 1. The van der Waals surface area contributed by atoms with Crippen LogP contribution in [0.25, 0.3) is 28.0 Å². The van der Waals surface area contributed by atoms with Crippen LogP contribution in [-0.2, 0) is 14.3 Å². The molecule has 1 saturated heterocycles. The lowest BCUT2D eigenvalue weighted by atomic mass is 9.89. The molecule has 5 rings (SSSR count). The van der Waals surface area contributed by atoms with Crippen molar-refractivity contribution in [1.82, 2.24) is 0 Å². The maximum Gasteiger partial charge on any atom is 0.331 e. The van der Waals surface area contributed by atoms with Crippen LogP contribution in [0.4, 0.5) is 0 Å². The zero-order chi connectivity index (χ0) is 30.5. The summed E-state index contributed by atoms with van der Waals surface area (Å²) in [7, 11) is 0. The SMILES string of the molecule is O=C(/C=C/c1ccc(O)c(O)c1)O[C@@H]1[C@@H](O)[C@H](c2c(O)cc3oc4cc(O)c(O)cc4c(=O)c3c2O)O[C@H](CO)[C@H]1O. The van der Waals surface area contributed by atoms with Crippen molar-refractivity contribution in [2.75, 3.05) is 6.61 Å². The zero-order valence-electron chi connectivity index (χ0n) is 21.3. The minimum Gasteiger partial charge on any atom is -0.507 e. The Morgan fingerprint density at radius 3 is 2.21 bits per heavy atom. The summed E-state index contributed by atoms with van der Waals surface area (Å²) >= 11 is 0. The molecule has 0 unspecified atom stereocenters. The Balaban J connectivity index is 1.52. The van der Waals surface area contributed by atoms with E-state index in [-0.39, 0.29) is 22.3 Å². The van der Waals surface area contributed by atoms with Gasteiger partial charge in [0.25, 0.3) is 0 Å². The van der Waals surface area contributed by atoms with E-state index in [0.717, 1.165) is 30.3 Å². The van der Waals surface area contributed by atoms with Crippen molar-refractivity contribution in [2.45, 2.75) is 30.5 Å². The Morgan fingerprint density at radius 2 is 1.52 bits per heavy atom. The third-order valence-corrected chi connectivity index (χ3v) is 6.86. The quantitative estimate of drug-likeness (QED) is 0.0686. The molecule has 220 valence electrons. The lowest BCUT2D eigenvalue weighted by Crippen LogP contribution is -2.56. The maximum atomic E-state index is 13.2. The van der Waals surface area contributed by atoms with Gasteiger partial charge in [0.1, 0.15) is 52.5 Å². The number of aliphatic hydroxyl groups is 3. The molecule has 5 atom stereocenters. The fraction of sp³-hybridized carbons (Fsp3) is 0.214. The van der Waals surface area contributed by atoms with Gasteiger partial charge in [-0.2, -0.15) is 0 Å². The molecule has 14 nitrogen and oxygen atoms in total. The number of carbonyl (C=O) groups is 1. The second kappa shape index (κ2) is 10.8. The van der Waals surface area contributed by atoms with Crippen molar-refractivity contribution in [2.24, 2.45) is 0 Å². The summed E-state index contributed by atoms with van der Waals surface area (Å²) in [5.41, 5.74) is -1.63. The van der Waals surface area contributed by atoms with Crippen LogP contribution in [0.15, 0.2) is 51.7 Å². The third kappa shape index (κ3) is 4.88. The summed E-state index contributed by atoms with van der Waals surface area (Å²) in [5.74, 6) is -4.76. The Kier molecular flexibility index (Phi) is 7.30. The summed E-state index contributed by atoms with van der Waals surface area (Å²) in [6.45, 7) is -0.842. The van der Waals surface area contributed by atoms with Crippen molar-refractivity contribution >= 4 is 34.0 Å². The molecule has 2 heterocycles. The largest absolute Gasteiger partial charge is 0.507 e. The molecule has 9 N–H and O–H groups in total. The Bertz CT molecular complexity index is 1790. The van der Waals surface area contributed by atoms with Crippen LogP contribution in [-0.4, -0.2) is 83.0 Å². The average molecular weight is 584 g/mol. The number of phenols is 6. The highest BCUT2D eigenvalue weighted by Crippen LogP contribution is 2.45. The number of ether oxygens (including phenoxy) is 2. The van der Waals surface area contributed by atoms with Gasteiger partial charge in [0.15, 0.2) is 29.1 Å². The van der Waals surface area contributed by atoms with Gasteiger partial charge in [-0.3, -0.25) is 4.79 Å². The highest BCUT2D eigenvalue weighted by atomic mass is 16.6. The van der Waals surface area contributed by atoms with Crippen LogP contribution >= 0.6 is 0 Å². The molecule has 1 aliphatic rings. The number of rotatable bonds is 5. The van der Waals surface area contributed by atoms with Gasteiger partial charge in [0.2, 0.25) is 5.43 Å². The molecule has 14 heteroatoms. The summed E-state index contributed by atoms with van der Waals surface area (Å²) in [6, 6.07) is 6.53. The molecule has 0 aliphatic carbocycles. The van der Waals surface area contributed by atoms with Gasteiger partial charge >= 0.3 is 5.97 Å². The first-order valence-corrected chi connectivity index (χ1v) is 12.3. The average Bonchev–Trinajstić information content (AvgIpc) is 2.94. The van der Waals surface area contributed by atoms with E-state index in [9.17, 15) is 55.5 Å². The molecule has 0 saturated carbocycles. The van der Waals surface area contributed by atoms with E-state index in [4.69, 9.17) is 13.9 Å². The minimum absolute atomic E-state index is 0.172. The Morgan fingerprint density at radius 1 is 0.857 bits per heavy atom. The van der Waals surface area contributed by atoms with Crippen molar-refractivity contribution in [3.05, 3.63) is 63.8 Å². The van der Waals surface area contributed by atoms with Crippen LogP contribution in [0, 0.1) is 0 Å². The number of aliphatic hydroxyl groups excluding tert-OH is 3. The van der Waals surface area contributed by atoms with Gasteiger partial charge < -0.3 is 59.8 Å². The number of hydrogen-bond acceptors (Lipinski definition) is 14. The molecule has 0 amide bonds. The molecule has 0 spiro atoms. The van der Waals surface area contributed by atoms with E-state index >= 15 is 0 Å². The number of carbonyl (C=O) groups excluding carboxylic acids is 1. The number of phenolic OH excluding ortho intramolecular Hbond substituents is 6. The molecule has 1 fully saturated rings. The minimum atomic E-state index is -1.96. The summed E-state index contributed by atoms with van der Waals surface area (Å²) in [5, 5.41) is 91.3. The zero-order valence-corrected chi connectivity index (χ0v) is 21.3. The standard InChI is InChI=1S/C28H24O14/c29-9-19-24(37)28(42-20(35)4-2-10-1-3-12(30)13(31)5-10)26(39)27(41-19)21-16(34)8-18-22(25(21)38)23(36)11-6-14(32)15(33)7-17(11)40-18/h1-8,19,24,26-34,37-39H,9H2/b4-2+/t19-,24-,26+,27+,28+/m1/s1. The van der Waals surface area contributed by atoms with Crippen molar-refractivity contribution in [3.63, 3.8) is 0 Å². The molecule has 4 aromatic rings. The Hall–Kier alpha value is -5.02. The summed E-state index contributed by atoms with van der Waals surface area (Å²) < 4.78 is 16.3. The number of hydrogen-bond donors (Lipinski definition) is 9. The van der Waals surface area contributed by atoms with Crippen molar-refractivity contribution in [1.29, 1.82) is 0 Å². The monoisotopic (exact) mass is 584 g/mol. The van der Waals surface area contributed by atoms with E-state index < -0.39 is 88.2 Å². The van der Waals surface area contributed by atoms with E-state index in [1.165, 1.54) is 18.2 Å². The second-order valence-electron chi connectivity index (χ2n) is 9.54. The number of benzene rings is 3. The summed E-state index contributed by atoms with van der Waals surface area (Å²) in [6.07, 6.45) is -6.63. The third-order valence-electron chi connectivity index (χ3n) is 6.86. The first-order chi connectivity index (χ1) is 19.9. The molecule has 0 radical (unpaired) electrons. The van der Waals surface area contributed by atoms with Gasteiger partial charge in [0.05, 0.1) is 17.6 Å². The first kappa shape index (κ1) is 28.5. The maximum absolute atomic E-state index is 13.2. The van der Waals surface area contributed by atoms with E-state index in [0.29, 0.717) is 5.56 Å². The van der Waals surface area contributed by atoms with Gasteiger partial charge in [-0.05, 0) is 29.8 Å². The molecular formula is C28H24O14. The highest BCUT2D eigenvalue weighted by Gasteiger charge is 2.48. The van der Waals surface area contributed by atoms with Crippen LogP contribution < -0.4 is 5.43 Å². The number of aromatic hydroxyl groups is 6. The van der Waals surface area contributed by atoms with Crippen molar-refractivity contribution in [3.8, 4) is 34.5 Å². The highest BCUT2D eigenvalue weighted by molar-refractivity contribution is 5.96. The topological polar surface area (TPSA) is 248 Å². The molecular weight excluding hydrogens is 560 g/mol. The molecule has 3 aromatic carbocycles. The smallest absolute Gasteiger partial charge is 0.331 e. The lowest BCUT2D eigenvalue weighted by molar-refractivity contribution is -0.240. The number of fused-ring (bicyclic) bond motifs is 2. The molecule has 42 heavy (non-hydrogen) atoms. The van der Waals surface area contributed by atoms with Gasteiger partial charge in [-0.25, -0.2) is 4.79 Å². The lowest BCUT2D eigenvalue weighted by Gasteiger charge is -2.42. The van der Waals surface area contributed by atoms with Crippen LogP contribution in [0.3, 0.4) is 0 Å². The van der Waals surface area contributed by atoms with Gasteiger partial charge in [-0.1, -0.05) is 6.07 Å². The van der Waals surface area contributed by atoms with Crippen LogP contribution in [0.1, 0.15) is 17.2 Å². The van der Waals surface area contributed by atoms with Crippen LogP contribution in [0.2, 0.25) is 0 Å². The Labute approximate surface area is 234 Å². The fourth-order valence-electron chi connectivity index (χ4n) is 4.75. The fourth-order valence-corrected chi connectivity index (χ4v) is 4.75. The normalized spacial score (nSPS) is 22.6.